The van der Waals surface area contributed by atoms with Gasteiger partial charge in [0.2, 0.25) is 0 Å². The summed E-state index contributed by atoms with van der Waals surface area (Å²) in [4.78, 5) is 16.3. The number of hydrogen-bond donors (Lipinski definition) is 0. The molecule has 29 heavy (non-hydrogen) atoms. The zero-order chi connectivity index (χ0) is 20.4. The molecular weight excluding hydrogens is 386 g/mol. The second-order valence-electron chi connectivity index (χ2n) is 6.75. The maximum atomic E-state index is 11.6. The number of ether oxygens (including phenoxy) is 1. The van der Waals surface area contributed by atoms with Gasteiger partial charge in [0.1, 0.15) is 12.4 Å². The standard InChI is InChI=1S/C24H18ClNO3/c1-15-3-2-4-20-21(24(27)28)13-22(26-23(15)20)17-7-11-19(12-8-17)29-14-16-5-9-18(25)10-6-16/h2-13H,14H2,1H3,(H,27,28)/p-1. The van der Waals surface area contributed by atoms with E-state index in [-0.39, 0.29) is 5.56 Å². The molecule has 0 aliphatic heterocycles. The summed E-state index contributed by atoms with van der Waals surface area (Å²) in [6.07, 6.45) is 0. The summed E-state index contributed by atoms with van der Waals surface area (Å²) in [5, 5.41) is 12.9. The van der Waals surface area contributed by atoms with Gasteiger partial charge in [-0.1, -0.05) is 41.9 Å². The van der Waals surface area contributed by atoms with Crippen LogP contribution in [0.1, 0.15) is 21.5 Å². The number of hydrogen-bond acceptors (Lipinski definition) is 4. The Kier molecular flexibility index (Phi) is 5.19. The summed E-state index contributed by atoms with van der Waals surface area (Å²) in [6.45, 7) is 2.34. The minimum atomic E-state index is -1.22. The van der Waals surface area contributed by atoms with Gasteiger partial charge in [-0.3, -0.25) is 0 Å². The third-order valence-electron chi connectivity index (χ3n) is 4.73. The number of benzene rings is 3. The van der Waals surface area contributed by atoms with Crippen LogP contribution in [-0.4, -0.2) is 11.0 Å². The first-order valence-electron chi connectivity index (χ1n) is 9.10. The van der Waals surface area contributed by atoms with Gasteiger partial charge in [0.05, 0.1) is 17.2 Å². The van der Waals surface area contributed by atoms with Crippen molar-refractivity contribution in [1.82, 2.24) is 4.98 Å². The molecule has 4 rings (SSSR count). The third-order valence-corrected chi connectivity index (χ3v) is 4.98. The topological polar surface area (TPSA) is 62.2 Å². The Bertz CT molecular complexity index is 1190. The van der Waals surface area contributed by atoms with Gasteiger partial charge in [-0.05, 0) is 60.5 Å². The van der Waals surface area contributed by atoms with Gasteiger partial charge >= 0.3 is 0 Å². The minimum Gasteiger partial charge on any atom is -0.545 e. The second-order valence-corrected chi connectivity index (χ2v) is 7.19. The van der Waals surface area contributed by atoms with Gasteiger partial charge in [0.25, 0.3) is 0 Å². The lowest BCUT2D eigenvalue weighted by Crippen LogP contribution is -2.22. The Morgan fingerprint density at radius 2 is 1.76 bits per heavy atom. The summed E-state index contributed by atoms with van der Waals surface area (Å²) in [7, 11) is 0. The highest BCUT2D eigenvalue weighted by Crippen LogP contribution is 2.28. The van der Waals surface area contributed by atoms with E-state index in [2.05, 4.69) is 4.98 Å². The van der Waals surface area contributed by atoms with Crippen molar-refractivity contribution in [3.05, 3.63) is 94.5 Å². The maximum Gasteiger partial charge on any atom is 0.119 e. The van der Waals surface area contributed by atoms with Crippen molar-refractivity contribution in [2.24, 2.45) is 0 Å². The number of pyridine rings is 1. The number of carbonyl (C=O) groups excluding carboxylic acids is 1. The van der Waals surface area contributed by atoms with Crippen LogP contribution >= 0.6 is 11.6 Å². The first-order chi connectivity index (χ1) is 14.0. The summed E-state index contributed by atoms with van der Waals surface area (Å²) in [6, 6.07) is 21.9. The fraction of sp³-hybridized carbons (Fsp3) is 0.0833. The van der Waals surface area contributed by atoms with Crippen LogP contribution in [-0.2, 0) is 6.61 Å². The average molecular weight is 403 g/mol. The number of aromatic nitrogens is 1. The molecule has 0 saturated carbocycles. The molecule has 0 radical (unpaired) electrons. The van der Waals surface area contributed by atoms with E-state index >= 15 is 0 Å². The number of halogens is 1. The predicted octanol–water partition coefficient (Wildman–Crippen LogP) is 4.81. The minimum absolute atomic E-state index is 0.136. The van der Waals surface area contributed by atoms with Gasteiger partial charge in [-0.25, -0.2) is 4.98 Å². The molecule has 144 valence electrons. The molecule has 1 aromatic heterocycles. The number of fused-ring (bicyclic) bond motifs is 1. The van der Waals surface area contributed by atoms with Crippen molar-refractivity contribution in [2.75, 3.05) is 0 Å². The van der Waals surface area contributed by atoms with Crippen molar-refractivity contribution in [2.45, 2.75) is 13.5 Å². The second kappa shape index (κ2) is 7.94. The fourth-order valence-corrected chi connectivity index (χ4v) is 3.30. The first-order valence-corrected chi connectivity index (χ1v) is 9.48. The first kappa shape index (κ1) is 19.0. The number of nitrogens with zero attached hydrogens (tertiary/aromatic N) is 1. The van der Waals surface area contributed by atoms with Crippen LogP contribution in [0.2, 0.25) is 5.02 Å². The van der Waals surface area contributed by atoms with E-state index in [1.807, 2.05) is 67.6 Å². The quantitative estimate of drug-likeness (QED) is 0.480. The number of aryl methyl sites for hydroxylation is 1. The molecule has 0 atom stereocenters. The Labute approximate surface area is 173 Å². The molecular formula is C24H17ClNO3-. The molecule has 4 nitrogen and oxygen atoms in total. The van der Waals surface area contributed by atoms with E-state index in [1.54, 1.807) is 12.1 Å². The van der Waals surface area contributed by atoms with E-state index in [0.717, 1.165) is 16.7 Å². The van der Waals surface area contributed by atoms with E-state index < -0.39 is 5.97 Å². The van der Waals surface area contributed by atoms with E-state index in [0.29, 0.717) is 34.0 Å². The van der Waals surface area contributed by atoms with E-state index in [4.69, 9.17) is 16.3 Å². The number of aromatic carboxylic acids is 1. The van der Waals surface area contributed by atoms with Crippen molar-refractivity contribution < 1.29 is 14.6 Å². The summed E-state index contributed by atoms with van der Waals surface area (Å²) >= 11 is 5.89. The zero-order valence-corrected chi connectivity index (χ0v) is 16.4. The van der Waals surface area contributed by atoms with Crippen molar-refractivity contribution in [3.63, 3.8) is 0 Å². The number of carboxylic acids is 1. The number of carboxylic acid groups (broad SMARTS) is 1. The highest BCUT2D eigenvalue weighted by molar-refractivity contribution is 6.30. The molecule has 0 aliphatic rings. The van der Waals surface area contributed by atoms with Crippen molar-refractivity contribution >= 4 is 28.5 Å². The van der Waals surface area contributed by atoms with Gasteiger partial charge < -0.3 is 14.6 Å². The highest BCUT2D eigenvalue weighted by Gasteiger charge is 2.10. The van der Waals surface area contributed by atoms with Crippen LogP contribution in [0.5, 0.6) is 5.75 Å². The Morgan fingerprint density at radius 1 is 1.03 bits per heavy atom. The number of rotatable bonds is 5. The van der Waals surface area contributed by atoms with Crippen molar-refractivity contribution in [1.29, 1.82) is 0 Å². The lowest BCUT2D eigenvalue weighted by Gasteiger charge is -2.12. The van der Waals surface area contributed by atoms with Crippen LogP contribution in [0.4, 0.5) is 0 Å². The Hall–Kier alpha value is -3.37. The molecule has 0 fully saturated rings. The monoisotopic (exact) mass is 402 g/mol. The Balaban J connectivity index is 1.61. The van der Waals surface area contributed by atoms with Crippen LogP contribution in [0.3, 0.4) is 0 Å². The molecule has 0 spiro atoms. The predicted molar refractivity (Wildman–Crippen MR) is 112 cm³/mol. The largest absolute Gasteiger partial charge is 0.545 e. The van der Waals surface area contributed by atoms with Gasteiger partial charge in [0, 0.05) is 21.5 Å². The Morgan fingerprint density at radius 3 is 2.45 bits per heavy atom. The maximum absolute atomic E-state index is 11.6. The van der Waals surface area contributed by atoms with E-state index in [1.165, 1.54) is 0 Å². The SMILES string of the molecule is Cc1cccc2c(C(=O)[O-])cc(-c3ccc(OCc4ccc(Cl)cc4)cc3)nc12. The highest BCUT2D eigenvalue weighted by atomic mass is 35.5. The normalized spacial score (nSPS) is 10.8. The number of para-hydroxylation sites is 1. The fourth-order valence-electron chi connectivity index (χ4n) is 3.18. The van der Waals surface area contributed by atoms with Crippen molar-refractivity contribution in [3.8, 4) is 17.0 Å². The van der Waals surface area contributed by atoms with Gasteiger partial charge in [0.15, 0.2) is 0 Å². The summed E-state index contributed by atoms with van der Waals surface area (Å²) < 4.78 is 5.81. The molecule has 0 aliphatic carbocycles. The molecule has 0 bridgehead atoms. The van der Waals surface area contributed by atoms with Gasteiger partial charge in [-0.2, -0.15) is 0 Å². The van der Waals surface area contributed by atoms with E-state index in [9.17, 15) is 9.90 Å². The average Bonchev–Trinajstić information content (AvgIpc) is 2.73. The molecule has 3 aromatic carbocycles. The molecule has 0 amide bonds. The molecule has 1 heterocycles. The van der Waals surface area contributed by atoms with Crippen LogP contribution in [0.15, 0.2) is 72.8 Å². The summed E-state index contributed by atoms with van der Waals surface area (Å²) in [5.74, 6) is -0.507. The number of carbonyl (C=O) groups is 1. The smallest absolute Gasteiger partial charge is 0.119 e. The summed E-state index contributed by atoms with van der Waals surface area (Å²) in [5.41, 5.74) is 4.11. The van der Waals surface area contributed by atoms with Gasteiger partial charge in [-0.15, -0.1) is 0 Å². The zero-order valence-electron chi connectivity index (χ0n) is 15.7. The molecule has 0 N–H and O–H groups in total. The lowest BCUT2D eigenvalue weighted by atomic mass is 10.0. The van der Waals surface area contributed by atoms with Crippen LogP contribution in [0, 0.1) is 6.92 Å². The molecule has 4 aromatic rings. The molecule has 5 heteroatoms. The third kappa shape index (κ3) is 4.08. The lowest BCUT2D eigenvalue weighted by molar-refractivity contribution is -0.254. The molecule has 0 saturated heterocycles. The van der Waals surface area contributed by atoms with Crippen LogP contribution < -0.4 is 9.84 Å². The van der Waals surface area contributed by atoms with Crippen LogP contribution in [0.25, 0.3) is 22.2 Å². The molecule has 0 unspecified atom stereocenters.